The summed E-state index contributed by atoms with van der Waals surface area (Å²) in [5.41, 5.74) is 3.65. The van der Waals surface area contributed by atoms with Crippen LogP contribution in [0.3, 0.4) is 0 Å². The number of nitrogens with zero attached hydrogens (tertiary/aromatic N) is 5. The van der Waals surface area contributed by atoms with Crippen molar-refractivity contribution in [1.82, 2.24) is 24.6 Å². The standard InChI is InChI=1S/C19H27N5/c1-15-4-3-5-19(21-15)14-24-11-17-6-7-23(12-18(17)13-24)10-16-8-20-22(2)9-16/h3-5,8-9,17-18H,6-7,10-14H2,1-2H3/t17-,18-/m1/s1. The van der Waals surface area contributed by atoms with Gasteiger partial charge in [-0.25, -0.2) is 0 Å². The fourth-order valence-electron chi connectivity index (χ4n) is 4.34. The van der Waals surface area contributed by atoms with E-state index in [0.717, 1.165) is 30.6 Å². The molecule has 24 heavy (non-hydrogen) atoms. The van der Waals surface area contributed by atoms with Gasteiger partial charge in [0, 0.05) is 57.2 Å². The van der Waals surface area contributed by atoms with Crippen LogP contribution in [0.1, 0.15) is 23.4 Å². The van der Waals surface area contributed by atoms with Gasteiger partial charge in [-0.05, 0) is 43.9 Å². The van der Waals surface area contributed by atoms with Gasteiger partial charge in [0.2, 0.25) is 0 Å². The molecule has 0 N–H and O–H groups in total. The van der Waals surface area contributed by atoms with Gasteiger partial charge in [-0.15, -0.1) is 0 Å². The molecule has 2 aromatic rings. The Morgan fingerprint density at radius 2 is 1.92 bits per heavy atom. The van der Waals surface area contributed by atoms with Crippen LogP contribution in [-0.2, 0) is 20.1 Å². The molecule has 0 aromatic carbocycles. The fraction of sp³-hybridized carbons (Fsp3) is 0.579. The van der Waals surface area contributed by atoms with Crippen molar-refractivity contribution in [3.05, 3.63) is 47.5 Å². The molecule has 2 saturated heterocycles. The minimum absolute atomic E-state index is 0.806. The molecule has 0 saturated carbocycles. The van der Waals surface area contributed by atoms with Gasteiger partial charge in [0.05, 0.1) is 11.9 Å². The second-order valence-electron chi connectivity index (χ2n) is 7.53. The van der Waals surface area contributed by atoms with E-state index in [1.54, 1.807) is 0 Å². The minimum Gasteiger partial charge on any atom is -0.299 e. The van der Waals surface area contributed by atoms with E-state index in [-0.39, 0.29) is 0 Å². The number of fused-ring (bicyclic) bond motifs is 1. The molecule has 0 aliphatic carbocycles. The van der Waals surface area contributed by atoms with Gasteiger partial charge in [-0.1, -0.05) is 6.07 Å². The van der Waals surface area contributed by atoms with Crippen molar-refractivity contribution >= 4 is 0 Å². The Balaban J connectivity index is 1.33. The van der Waals surface area contributed by atoms with E-state index < -0.39 is 0 Å². The van der Waals surface area contributed by atoms with Crippen molar-refractivity contribution in [2.75, 3.05) is 26.2 Å². The summed E-state index contributed by atoms with van der Waals surface area (Å²) in [5, 5.41) is 4.29. The molecule has 4 heterocycles. The maximum absolute atomic E-state index is 4.67. The van der Waals surface area contributed by atoms with Crippen LogP contribution in [0.5, 0.6) is 0 Å². The van der Waals surface area contributed by atoms with E-state index in [9.17, 15) is 0 Å². The Labute approximate surface area is 144 Å². The predicted molar refractivity (Wildman–Crippen MR) is 94.3 cm³/mol. The fourth-order valence-corrected chi connectivity index (χ4v) is 4.34. The highest BCUT2D eigenvalue weighted by atomic mass is 15.2. The van der Waals surface area contributed by atoms with Crippen LogP contribution in [0, 0.1) is 18.8 Å². The van der Waals surface area contributed by atoms with Gasteiger partial charge in [-0.3, -0.25) is 19.5 Å². The molecule has 0 bridgehead atoms. The molecule has 2 atom stereocenters. The summed E-state index contributed by atoms with van der Waals surface area (Å²) in [4.78, 5) is 9.87. The molecule has 0 spiro atoms. The molecule has 0 amide bonds. The zero-order valence-corrected chi connectivity index (χ0v) is 14.7. The van der Waals surface area contributed by atoms with Crippen molar-refractivity contribution in [2.45, 2.75) is 26.4 Å². The summed E-state index contributed by atoms with van der Waals surface area (Å²) >= 11 is 0. The van der Waals surface area contributed by atoms with Crippen molar-refractivity contribution < 1.29 is 0 Å². The Morgan fingerprint density at radius 3 is 2.71 bits per heavy atom. The summed E-state index contributed by atoms with van der Waals surface area (Å²) in [6, 6.07) is 6.35. The van der Waals surface area contributed by atoms with Gasteiger partial charge in [-0.2, -0.15) is 5.10 Å². The number of hydrogen-bond acceptors (Lipinski definition) is 4. The summed E-state index contributed by atoms with van der Waals surface area (Å²) < 4.78 is 1.90. The zero-order valence-electron chi connectivity index (χ0n) is 14.7. The van der Waals surface area contributed by atoms with Crippen LogP contribution >= 0.6 is 0 Å². The highest BCUT2D eigenvalue weighted by molar-refractivity contribution is 5.10. The van der Waals surface area contributed by atoms with Crippen LogP contribution in [-0.4, -0.2) is 50.7 Å². The maximum Gasteiger partial charge on any atom is 0.0547 e. The van der Waals surface area contributed by atoms with Crippen LogP contribution in [0.4, 0.5) is 0 Å². The number of likely N-dealkylation sites (tertiary alicyclic amines) is 2. The van der Waals surface area contributed by atoms with Gasteiger partial charge < -0.3 is 0 Å². The van der Waals surface area contributed by atoms with Crippen molar-refractivity contribution in [2.24, 2.45) is 18.9 Å². The number of aryl methyl sites for hydroxylation is 2. The van der Waals surface area contributed by atoms with E-state index in [0.29, 0.717) is 0 Å². The Morgan fingerprint density at radius 1 is 1.08 bits per heavy atom. The van der Waals surface area contributed by atoms with Crippen LogP contribution in [0.2, 0.25) is 0 Å². The van der Waals surface area contributed by atoms with E-state index in [4.69, 9.17) is 0 Å². The molecule has 2 aliphatic rings. The maximum atomic E-state index is 4.67. The van der Waals surface area contributed by atoms with Gasteiger partial charge in [0.15, 0.2) is 0 Å². The third kappa shape index (κ3) is 3.52. The van der Waals surface area contributed by atoms with Crippen molar-refractivity contribution in [1.29, 1.82) is 0 Å². The monoisotopic (exact) mass is 325 g/mol. The Bertz CT molecular complexity index is 695. The highest BCUT2D eigenvalue weighted by Gasteiger charge is 2.36. The number of hydrogen-bond donors (Lipinski definition) is 0. The second kappa shape index (κ2) is 6.65. The van der Waals surface area contributed by atoms with E-state index in [1.807, 2.05) is 17.9 Å². The van der Waals surface area contributed by atoms with Crippen molar-refractivity contribution in [3.8, 4) is 0 Å². The molecule has 2 aliphatic heterocycles. The van der Waals surface area contributed by atoms with Gasteiger partial charge in [0.25, 0.3) is 0 Å². The zero-order chi connectivity index (χ0) is 16.5. The lowest BCUT2D eigenvalue weighted by atomic mass is 9.88. The largest absolute Gasteiger partial charge is 0.299 e. The average molecular weight is 325 g/mol. The molecule has 2 fully saturated rings. The van der Waals surface area contributed by atoms with Crippen LogP contribution in [0.25, 0.3) is 0 Å². The molecule has 5 nitrogen and oxygen atoms in total. The third-order valence-corrected chi connectivity index (χ3v) is 5.46. The molecule has 128 valence electrons. The Hall–Kier alpha value is -1.72. The number of pyridine rings is 1. The average Bonchev–Trinajstić information content (AvgIpc) is 3.12. The van der Waals surface area contributed by atoms with E-state index in [1.165, 1.54) is 43.9 Å². The quantitative estimate of drug-likeness (QED) is 0.862. The molecular formula is C19H27N5. The van der Waals surface area contributed by atoms with Crippen LogP contribution in [0.15, 0.2) is 30.6 Å². The third-order valence-electron chi connectivity index (χ3n) is 5.46. The second-order valence-corrected chi connectivity index (χ2v) is 7.53. The first-order valence-corrected chi connectivity index (χ1v) is 9.00. The predicted octanol–water partition coefficient (Wildman–Crippen LogP) is 2.08. The molecular weight excluding hydrogens is 298 g/mol. The van der Waals surface area contributed by atoms with Gasteiger partial charge in [0.1, 0.15) is 0 Å². The lowest BCUT2D eigenvalue weighted by Gasteiger charge is -2.34. The van der Waals surface area contributed by atoms with Crippen molar-refractivity contribution in [3.63, 3.8) is 0 Å². The molecule has 0 radical (unpaired) electrons. The lowest BCUT2D eigenvalue weighted by Crippen LogP contribution is -2.39. The molecule has 0 unspecified atom stereocenters. The molecule has 2 aromatic heterocycles. The van der Waals surface area contributed by atoms with Gasteiger partial charge >= 0.3 is 0 Å². The number of rotatable bonds is 4. The first-order valence-electron chi connectivity index (χ1n) is 9.00. The summed E-state index contributed by atoms with van der Waals surface area (Å²) in [7, 11) is 1.99. The SMILES string of the molecule is Cc1cccc(CN2C[C@H]3CCN(Cc4cnn(C)c4)C[C@@H]3C2)n1. The number of aromatic nitrogens is 3. The van der Waals surface area contributed by atoms with E-state index >= 15 is 0 Å². The topological polar surface area (TPSA) is 37.2 Å². The lowest BCUT2D eigenvalue weighted by molar-refractivity contribution is 0.142. The summed E-state index contributed by atoms with van der Waals surface area (Å²) in [6.07, 6.45) is 5.45. The Kier molecular flexibility index (Phi) is 4.37. The number of piperidine rings is 1. The van der Waals surface area contributed by atoms with E-state index in [2.05, 4.69) is 51.2 Å². The minimum atomic E-state index is 0.806. The molecule has 5 heteroatoms. The highest BCUT2D eigenvalue weighted by Crippen LogP contribution is 2.32. The first-order chi connectivity index (χ1) is 11.7. The van der Waals surface area contributed by atoms with Crippen LogP contribution < -0.4 is 0 Å². The smallest absolute Gasteiger partial charge is 0.0547 e. The normalized spacial score (nSPS) is 25.1. The molecule has 4 rings (SSSR count). The first kappa shape index (κ1) is 15.8. The summed E-state index contributed by atoms with van der Waals surface area (Å²) in [6.45, 7) is 8.99. The summed E-state index contributed by atoms with van der Waals surface area (Å²) in [5.74, 6) is 1.67.